The monoisotopic (exact) mass is 374 g/mol. The van der Waals surface area contributed by atoms with E-state index in [0.29, 0.717) is 21.8 Å². The van der Waals surface area contributed by atoms with Gasteiger partial charge in [-0.3, -0.25) is 9.59 Å². The molecule has 2 rings (SSSR count). The summed E-state index contributed by atoms with van der Waals surface area (Å²) in [6.07, 6.45) is -0.0240. The topological polar surface area (TPSA) is 78.4 Å². The van der Waals surface area contributed by atoms with E-state index < -0.39 is 0 Å². The Morgan fingerprint density at radius 1 is 1.12 bits per heavy atom. The van der Waals surface area contributed by atoms with Crippen LogP contribution in [-0.2, 0) is 11.2 Å². The molecule has 2 amide bonds. The quantitative estimate of drug-likeness (QED) is 0.755. The summed E-state index contributed by atoms with van der Waals surface area (Å²) in [6.45, 7) is 7.56. The van der Waals surface area contributed by atoms with Gasteiger partial charge < -0.3 is 15.7 Å². The number of nitrogens with one attached hydrogen (secondary N) is 2. The number of hydrogen-bond acceptors (Lipinski definition) is 3. The van der Waals surface area contributed by atoms with Gasteiger partial charge in [0.25, 0.3) is 5.91 Å². The van der Waals surface area contributed by atoms with E-state index >= 15 is 0 Å². The number of aromatic hydroxyl groups is 1. The molecule has 0 radical (unpaired) electrons. The first kappa shape index (κ1) is 19.8. The van der Waals surface area contributed by atoms with Crippen molar-refractivity contribution < 1.29 is 14.7 Å². The fourth-order valence-corrected chi connectivity index (χ4v) is 2.67. The highest BCUT2D eigenvalue weighted by molar-refractivity contribution is 6.30. The maximum absolute atomic E-state index is 12.4. The van der Waals surface area contributed by atoms with Gasteiger partial charge in [-0.2, -0.15) is 0 Å². The fraction of sp³-hybridized carbons (Fsp3) is 0.300. The third kappa shape index (κ3) is 5.77. The molecule has 0 aromatic heterocycles. The van der Waals surface area contributed by atoms with Crippen molar-refractivity contribution in [3.05, 3.63) is 58.1 Å². The standard InChI is InChI=1S/C20H23ClN2O3/c1-12-7-14(19(26)23-20(2,3)4)10-16(8-12)22-18(25)11-13-9-15(21)5-6-17(13)24/h5-10,24H,11H2,1-4H3,(H,22,25)(H,23,26). The second kappa shape index (κ2) is 7.79. The molecule has 3 N–H and O–H groups in total. The zero-order valence-electron chi connectivity index (χ0n) is 15.3. The summed E-state index contributed by atoms with van der Waals surface area (Å²) >= 11 is 5.90. The molecule has 2 aromatic carbocycles. The van der Waals surface area contributed by atoms with E-state index in [4.69, 9.17) is 11.6 Å². The second-order valence-corrected chi connectivity index (χ2v) is 7.73. The molecule has 0 aliphatic carbocycles. The lowest BCUT2D eigenvalue weighted by Crippen LogP contribution is -2.40. The van der Waals surface area contributed by atoms with E-state index in [9.17, 15) is 14.7 Å². The van der Waals surface area contributed by atoms with Gasteiger partial charge in [0.2, 0.25) is 5.91 Å². The summed E-state index contributed by atoms with van der Waals surface area (Å²) in [7, 11) is 0. The van der Waals surface area contributed by atoms with Crippen molar-refractivity contribution in [2.75, 3.05) is 5.32 Å². The van der Waals surface area contributed by atoms with Crippen molar-refractivity contribution >= 4 is 29.1 Å². The van der Waals surface area contributed by atoms with Gasteiger partial charge in [0.05, 0.1) is 6.42 Å². The van der Waals surface area contributed by atoms with E-state index in [1.807, 2.05) is 27.7 Å². The molecule has 6 heteroatoms. The van der Waals surface area contributed by atoms with Crippen LogP contribution in [0.3, 0.4) is 0 Å². The van der Waals surface area contributed by atoms with Gasteiger partial charge in [-0.05, 0) is 69.7 Å². The van der Waals surface area contributed by atoms with Crippen LogP contribution in [0.15, 0.2) is 36.4 Å². The Hall–Kier alpha value is -2.53. The number of phenolic OH excluding ortho intramolecular Hbond substituents is 1. The van der Waals surface area contributed by atoms with Crippen LogP contribution in [0.1, 0.15) is 42.3 Å². The number of benzene rings is 2. The van der Waals surface area contributed by atoms with Crippen LogP contribution in [0.4, 0.5) is 5.69 Å². The molecular weight excluding hydrogens is 352 g/mol. The van der Waals surface area contributed by atoms with Gasteiger partial charge >= 0.3 is 0 Å². The van der Waals surface area contributed by atoms with Crippen molar-refractivity contribution in [3.63, 3.8) is 0 Å². The molecule has 0 saturated heterocycles. The van der Waals surface area contributed by atoms with Crippen LogP contribution in [-0.4, -0.2) is 22.5 Å². The van der Waals surface area contributed by atoms with Gasteiger partial charge in [0.1, 0.15) is 5.75 Å². The average molecular weight is 375 g/mol. The molecule has 0 unspecified atom stereocenters. The SMILES string of the molecule is Cc1cc(NC(=O)Cc2cc(Cl)ccc2O)cc(C(=O)NC(C)(C)C)c1. The molecule has 0 aliphatic heterocycles. The lowest BCUT2D eigenvalue weighted by atomic mass is 10.1. The van der Waals surface area contributed by atoms with Crippen LogP contribution < -0.4 is 10.6 Å². The van der Waals surface area contributed by atoms with E-state index in [1.165, 1.54) is 6.07 Å². The molecule has 0 saturated carbocycles. The number of rotatable bonds is 4. The predicted molar refractivity (Wildman–Crippen MR) is 104 cm³/mol. The Labute approximate surface area is 158 Å². The zero-order valence-corrected chi connectivity index (χ0v) is 16.1. The Morgan fingerprint density at radius 3 is 2.46 bits per heavy atom. The highest BCUT2D eigenvalue weighted by atomic mass is 35.5. The van der Waals surface area contributed by atoms with Crippen molar-refractivity contribution in [3.8, 4) is 5.75 Å². The zero-order chi connectivity index (χ0) is 19.5. The summed E-state index contributed by atoms with van der Waals surface area (Å²) in [4.78, 5) is 24.7. The second-order valence-electron chi connectivity index (χ2n) is 7.29. The number of halogens is 1. The van der Waals surface area contributed by atoms with Crippen molar-refractivity contribution in [2.45, 2.75) is 39.7 Å². The minimum absolute atomic E-state index is 0.0130. The predicted octanol–water partition coefficient (Wildman–Crippen LogP) is 4.06. The van der Waals surface area contributed by atoms with Crippen molar-refractivity contribution in [1.82, 2.24) is 5.32 Å². The maximum Gasteiger partial charge on any atom is 0.251 e. The number of carbonyl (C=O) groups is 2. The lowest BCUT2D eigenvalue weighted by molar-refractivity contribution is -0.115. The number of carbonyl (C=O) groups excluding carboxylic acids is 2. The minimum atomic E-state index is -0.353. The number of amides is 2. The first-order valence-corrected chi connectivity index (χ1v) is 8.63. The molecular formula is C20H23ClN2O3. The van der Waals surface area contributed by atoms with Gasteiger partial charge in [-0.15, -0.1) is 0 Å². The largest absolute Gasteiger partial charge is 0.508 e. The number of phenols is 1. The highest BCUT2D eigenvalue weighted by Gasteiger charge is 2.16. The molecule has 26 heavy (non-hydrogen) atoms. The molecule has 0 bridgehead atoms. The van der Waals surface area contributed by atoms with Gasteiger partial charge in [-0.1, -0.05) is 11.6 Å². The van der Waals surface area contributed by atoms with Crippen LogP contribution in [0.5, 0.6) is 5.75 Å². The molecule has 2 aromatic rings. The van der Waals surface area contributed by atoms with E-state index in [1.54, 1.807) is 30.3 Å². The Morgan fingerprint density at radius 2 is 1.81 bits per heavy atom. The Kier molecular flexibility index (Phi) is 5.93. The smallest absolute Gasteiger partial charge is 0.251 e. The third-order valence-electron chi connectivity index (χ3n) is 3.50. The molecule has 5 nitrogen and oxygen atoms in total. The van der Waals surface area contributed by atoms with Crippen molar-refractivity contribution in [1.29, 1.82) is 0 Å². The molecule has 0 fully saturated rings. The van der Waals surface area contributed by atoms with Gasteiger partial charge in [0.15, 0.2) is 0 Å². The summed E-state index contributed by atoms with van der Waals surface area (Å²) in [6, 6.07) is 9.73. The summed E-state index contributed by atoms with van der Waals surface area (Å²) in [5, 5.41) is 15.9. The highest BCUT2D eigenvalue weighted by Crippen LogP contribution is 2.23. The Balaban J connectivity index is 2.15. The Bertz CT molecular complexity index is 841. The van der Waals surface area contributed by atoms with E-state index in [2.05, 4.69) is 10.6 Å². The van der Waals surface area contributed by atoms with Gasteiger partial charge in [-0.25, -0.2) is 0 Å². The summed E-state index contributed by atoms with van der Waals surface area (Å²) in [5.41, 5.74) is 1.94. The van der Waals surface area contributed by atoms with Crippen LogP contribution in [0.2, 0.25) is 5.02 Å². The first-order chi connectivity index (χ1) is 12.0. The van der Waals surface area contributed by atoms with E-state index in [-0.39, 0.29) is 29.5 Å². The maximum atomic E-state index is 12.4. The first-order valence-electron chi connectivity index (χ1n) is 8.25. The lowest BCUT2D eigenvalue weighted by Gasteiger charge is -2.21. The average Bonchev–Trinajstić information content (AvgIpc) is 2.48. The molecule has 0 heterocycles. The van der Waals surface area contributed by atoms with Crippen molar-refractivity contribution in [2.24, 2.45) is 0 Å². The normalized spacial score (nSPS) is 11.1. The fourth-order valence-electron chi connectivity index (χ4n) is 2.47. The number of anilines is 1. The minimum Gasteiger partial charge on any atom is -0.508 e. The van der Waals surface area contributed by atoms with Crippen LogP contribution >= 0.6 is 11.6 Å². The van der Waals surface area contributed by atoms with E-state index in [0.717, 1.165) is 5.56 Å². The molecule has 0 spiro atoms. The molecule has 138 valence electrons. The van der Waals surface area contributed by atoms with Crippen LogP contribution in [0.25, 0.3) is 0 Å². The van der Waals surface area contributed by atoms with Crippen LogP contribution in [0, 0.1) is 6.92 Å². The summed E-state index contributed by atoms with van der Waals surface area (Å²) in [5.74, 6) is -0.501. The third-order valence-corrected chi connectivity index (χ3v) is 3.74. The number of aryl methyl sites for hydroxylation is 1. The van der Waals surface area contributed by atoms with Gasteiger partial charge in [0, 0.05) is 27.4 Å². The summed E-state index contributed by atoms with van der Waals surface area (Å²) < 4.78 is 0. The molecule has 0 atom stereocenters. The molecule has 0 aliphatic rings. The number of hydrogen-bond donors (Lipinski definition) is 3.